The minimum atomic E-state index is 0.608. The normalized spacial score (nSPS) is 13.7. The molecule has 1 aromatic carbocycles. The van der Waals surface area contributed by atoms with Crippen molar-refractivity contribution in [2.45, 2.75) is 39.4 Å². The molecular weight excluding hydrogens is 304 g/mol. The number of methoxy groups -OCH3 is 1. The molecule has 0 saturated heterocycles. The average Bonchev–Trinajstić information content (AvgIpc) is 3.22. The van der Waals surface area contributed by atoms with Crippen LogP contribution in [0.3, 0.4) is 0 Å². The lowest BCUT2D eigenvalue weighted by Crippen LogP contribution is -2.37. The van der Waals surface area contributed by atoms with E-state index in [0.717, 1.165) is 54.9 Å². The number of aryl methyl sites for hydroxylation is 1. The van der Waals surface area contributed by atoms with E-state index in [0.29, 0.717) is 13.1 Å². The molecule has 0 unspecified atom stereocenters. The topological polar surface area (TPSA) is 76.4 Å². The molecule has 128 valence electrons. The first-order chi connectivity index (χ1) is 11.8. The first-order valence-electron chi connectivity index (χ1n) is 8.36. The summed E-state index contributed by atoms with van der Waals surface area (Å²) in [5.41, 5.74) is 1.14. The highest BCUT2D eigenvalue weighted by Crippen LogP contribution is 2.14. The monoisotopic (exact) mass is 328 g/mol. The van der Waals surface area contributed by atoms with Crippen molar-refractivity contribution in [3.8, 4) is 5.75 Å². The molecule has 1 aliphatic heterocycles. The Hall–Kier alpha value is -2.57. The molecule has 0 aliphatic carbocycles. The summed E-state index contributed by atoms with van der Waals surface area (Å²) in [4.78, 5) is 4.63. The summed E-state index contributed by atoms with van der Waals surface area (Å²) >= 11 is 0. The number of hydrogen-bond acceptors (Lipinski definition) is 4. The van der Waals surface area contributed by atoms with Crippen LogP contribution < -0.4 is 15.4 Å². The first kappa shape index (κ1) is 16.3. The van der Waals surface area contributed by atoms with Crippen molar-refractivity contribution in [1.82, 2.24) is 25.4 Å². The van der Waals surface area contributed by atoms with E-state index in [2.05, 4.69) is 37.3 Å². The average molecular weight is 328 g/mol. The molecule has 0 bridgehead atoms. The highest BCUT2D eigenvalue weighted by atomic mass is 16.5. The Morgan fingerprint density at radius 2 is 2.08 bits per heavy atom. The number of rotatable bonds is 6. The van der Waals surface area contributed by atoms with Crippen LogP contribution in [0.15, 0.2) is 29.3 Å². The number of ether oxygens (including phenoxy) is 1. The van der Waals surface area contributed by atoms with Gasteiger partial charge in [-0.3, -0.25) is 0 Å². The first-order valence-corrected chi connectivity index (χ1v) is 8.36. The van der Waals surface area contributed by atoms with E-state index in [4.69, 9.17) is 4.74 Å². The molecule has 7 nitrogen and oxygen atoms in total. The van der Waals surface area contributed by atoms with Gasteiger partial charge in [-0.2, -0.15) is 0 Å². The molecule has 1 aliphatic rings. The van der Waals surface area contributed by atoms with Crippen LogP contribution in [0, 0.1) is 0 Å². The fourth-order valence-corrected chi connectivity index (χ4v) is 2.75. The van der Waals surface area contributed by atoms with Gasteiger partial charge in [-0.05, 0) is 31.0 Å². The summed E-state index contributed by atoms with van der Waals surface area (Å²) in [5, 5.41) is 15.1. The van der Waals surface area contributed by atoms with Crippen LogP contribution in [0.1, 0.15) is 30.6 Å². The molecule has 3 rings (SSSR count). The highest BCUT2D eigenvalue weighted by Gasteiger charge is 2.16. The van der Waals surface area contributed by atoms with Gasteiger partial charge in [0.2, 0.25) is 0 Å². The summed E-state index contributed by atoms with van der Waals surface area (Å²) in [7, 11) is 1.67. The number of benzene rings is 1. The van der Waals surface area contributed by atoms with Gasteiger partial charge < -0.3 is 19.9 Å². The number of guanidine groups is 1. The summed E-state index contributed by atoms with van der Waals surface area (Å²) in [6.07, 6.45) is 2.18. The van der Waals surface area contributed by atoms with Crippen LogP contribution in [0.4, 0.5) is 0 Å². The van der Waals surface area contributed by atoms with E-state index in [-0.39, 0.29) is 0 Å². The number of nitrogens with zero attached hydrogens (tertiary/aromatic N) is 4. The van der Waals surface area contributed by atoms with Gasteiger partial charge in [0.25, 0.3) is 0 Å². The lowest BCUT2D eigenvalue weighted by atomic mass is 10.2. The van der Waals surface area contributed by atoms with Crippen molar-refractivity contribution in [2.75, 3.05) is 13.7 Å². The van der Waals surface area contributed by atoms with Crippen LogP contribution in [0.2, 0.25) is 0 Å². The number of nitrogens with one attached hydrogen (secondary N) is 2. The van der Waals surface area contributed by atoms with E-state index >= 15 is 0 Å². The Bertz CT molecular complexity index is 692. The number of aromatic nitrogens is 3. The van der Waals surface area contributed by atoms with Gasteiger partial charge in [0.1, 0.15) is 11.6 Å². The van der Waals surface area contributed by atoms with Crippen LogP contribution >= 0.6 is 0 Å². The van der Waals surface area contributed by atoms with Crippen LogP contribution in [-0.2, 0) is 26.1 Å². The number of hydrogen-bond donors (Lipinski definition) is 2. The third-order valence-electron chi connectivity index (χ3n) is 4.02. The predicted molar refractivity (Wildman–Crippen MR) is 93.0 cm³/mol. The number of fused-ring (bicyclic) bond motifs is 1. The molecule has 24 heavy (non-hydrogen) atoms. The summed E-state index contributed by atoms with van der Waals surface area (Å²) < 4.78 is 7.37. The van der Waals surface area contributed by atoms with Gasteiger partial charge in [-0.25, -0.2) is 4.99 Å². The second-order valence-corrected chi connectivity index (χ2v) is 5.68. The van der Waals surface area contributed by atoms with E-state index in [1.54, 1.807) is 7.11 Å². The third-order valence-corrected chi connectivity index (χ3v) is 4.02. The minimum absolute atomic E-state index is 0.608. The Kier molecular flexibility index (Phi) is 5.30. The van der Waals surface area contributed by atoms with Gasteiger partial charge in [0.15, 0.2) is 11.8 Å². The molecule has 0 radical (unpaired) electrons. The second kappa shape index (κ2) is 7.81. The summed E-state index contributed by atoms with van der Waals surface area (Å²) in [5.74, 6) is 3.70. The quantitative estimate of drug-likeness (QED) is 0.621. The zero-order valence-corrected chi connectivity index (χ0v) is 14.2. The lowest BCUT2D eigenvalue weighted by Gasteiger charge is -2.11. The fraction of sp³-hybridized carbons (Fsp3) is 0.471. The molecular formula is C17H24N6O. The Labute approximate surface area is 142 Å². The van der Waals surface area contributed by atoms with Gasteiger partial charge in [0, 0.05) is 19.5 Å². The molecule has 2 heterocycles. The molecule has 0 fully saturated rings. The van der Waals surface area contributed by atoms with Gasteiger partial charge in [-0.15, -0.1) is 10.2 Å². The molecule has 1 aromatic heterocycles. The molecule has 2 N–H and O–H groups in total. The second-order valence-electron chi connectivity index (χ2n) is 5.68. The van der Waals surface area contributed by atoms with Crippen molar-refractivity contribution in [3.05, 3.63) is 41.5 Å². The lowest BCUT2D eigenvalue weighted by molar-refractivity contribution is 0.414. The summed E-state index contributed by atoms with van der Waals surface area (Å²) in [6, 6.07) is 7.95. The molecule has 0 spiro atoms. The standard InChI is InChI=1S/C17H24N6O/c1-3-18-17(19-11-13-6-8-14(24-2)9-7-13)20-12-16-22-21-15-5-4-10-23(15)16/h6-9H,3-5,10-12H2,1-2H3,(H2,18,19,20). The Balaban J connectivity index is 1.60. The van der Waals surface area contributed by atoms with E-state index < -0.39 is 0 Å². The predicted octanol–water partition coefficient (Wildman–Crippen LogP) is 1.49. The molecule has 0 atom stereocenters. The Morgan fingerprint density at radius 3 is 2.83 bits per heavy atom. The molecule has 0 amide bonds. The van der Waals surface area contributed by atoms with Crippen molar-refractivity contribution in [1.29, 1.82) is 0 Å². The molecule has 2 aromatic rings. The van der Waals surface area contributed by atoms with Gasteiger partial charge in [-0.1, -0.05) is 12.1 Å². The van der Waals surface area contributed by atoms with E-state index in [1.165, 1.54) is 0 Å². The number of aliphatic imine (C=N–C) groups is 1. The molecule has 7 heteroatoms. The zero-order valence-electron chi connectivity index (χ0n) is 14.2. The highest BCUT2D eigenvalue weighted by molar-refractivity contribution is 5.79. The van der Waals surface area contributed by atoms with Crippen molar-refractivity contribution >= 4 is 5.96 Å². The van der Waals surface area contributed by atoms with Crippen molar-refractivity contribution < 1.29 is 4.74 Å². The summed E-state index contributed by atoms with van der Waals surface area (Å²) in [6.45, 7) is 5.11. The maximum atomic E-state index is 5.17. The smallest absolute Gasteiger partial charge is 0.191 e. The van der Waals surface area contributed by atoms with E-state index in [9.17, 15) is 0 Å². The third kappa shape index (κ3) is 3.84. The van der Waals surface area contributed by atoms with Crippen LogP contribution in [0.5, 0.6) is 5.75 Å². The van der Waals surface area contributed by atoms with Gasteiger partial charge >= 0.3 is 0 Å². The van der Waals surface area contributed by atoms with Gasteiger partial charge in [0.05, 0.1) is 20.2 Å². The zero-order chi connectivity index (χ0) is 16.8. The maximum absolute atomic E-state index is 5.17. The van der Waals surface area contributed by atoms with Crippen LogP contribution in [-0.4, -0.2) is 34.4 Å². The Morgan fingerprint density at radius 1 is 1.25 bits per heavy atom. The largest absolute Gasteiger partial charge is 0.497 e. The maximum Gasteiger partial charge on any atom is 0.191 e. The van der Waals surface area contributed by atoms with Crippen LogP contribution in [0.25, 0.3) is 0 Å². The fourth-order valence-electron chi connectivity index (χ4n) is 2.75. The van der Waals surface area contributed by atoms with Crippen molar-refractivity contribution in [2.24, 2.45) is 4.99 Å². The van der Waals surface area contributed by atoms with Crippen molar-refractivity contribution in [3.63, 3.8) is 0 Å². The minimum Gasteiger partial charge on any atom is -0.497 e. The van der Waals surface area contributed by atoms with E-state index in [1.807, 2.05) is 24.3 Å². The molecule has 0 saturated carbocycles. The SMILES string of the molecule is CCNC(=NCc1ccc(OC)cc1)NCc1nnc2n1CCC2.